The Morgan fingerprint density at radius 1 is 0.182 bits per heavy atom. The van der Waals surface area contributed by atoms with E-state index in [-0.39, 0.29) is 239 Å². The Labute approximate surface area is 232 Å². The monoisotopic (exact) mass is 813 g/mol. The SMILES string of the molecule is O.O.O.O.O.O.[Pr].[Pr].[Pr].[Pr].[Pr]. The van der Waals surface area contributed by atoms with Crippen LogP contribution in [0.4, 0.5) is 0 Å². The molecular weight excluding hydrogens is 801 g/mol. The van der Waals surface area contributed by atoms with Gasteiger partial charge in [-0.25, -0.2) is 0 Å². The van der Waals surface area contributed by atoms with Crippen LogP contribution >= 0.6 is 0 Å². The largest absolute Gasteiger partial charge is 0.412 e. The zero-order chi connectivity index (χ0) is 0. The molecule has 0 aromatic carbocycles. The fourth-order valence-electron chi connectivity index (χ4n) is 0. The van der Waals surface area contributed by atoms with Crippen molar-refractivity contribution in [1.29, 1.82) is 0 Å². The van der Waals surface area contributed by atoms with Gasteiger partial charge < -0.3 is 32.9 Å². The molecule has 0 unspecified atom stereocenters. The van der Waals surface area contributed by atoms with Crippen LogP contribution in [0, 0.1) is 206 Å². The van der Waals surface area contributed by atoms with Gasteiger partial charge in [0.2, 0.25) is 0 Å². The average Bonchev–Trinajstić information content (AvgIpc) is 0. The van der Waals surface area contributed by atoms with Crippen molar-refractivity contribution in [2.75, 3.05) is 0 Å². The van der Waals surface area contributed by atoms with Crippen molar-refractivity contribution < 1.29 is 239 Å². The van der Waals surface area contributed by atoms with Crippen LogP contribution in [0.1, 0.15) is 0 Å². The third-order valence-electron chi connectivity index (χ3n) is 0. The number of rotatable bonds is 0. The Morgan fingerprint density at radius 3 is 0.182 bits per heavy atom. The van der Waals surface area contributed by atoms with E-state index in [1.165, 1.54) is 0 Å². The van der Waals surface area contributed by atoms with E-state index in [9.17, 15) is 0 Å². The predicted octanol–water partition coefficient (Wildman–Crippen LogP) is -4.95. The van der Waals surface area contributed by atoms with Crippen molar-refractivity contribution in [1.82, 2.24) is 0 Å². The summed E-state index contributed by atoms with van der Waals surface area (Å²) in [5.41, 5.74) is 0. The van der Waals surface area contributed by atoms with Crippen LogP contribution in [-0.4, -0.2) is 32.9 Å². The maximum Gasteiger partial charge on any atom is 0 e. The molecule has 6 nitrogen and oxygen atoms in total. The second-order valence-corrected chi connectivity index (χ2v) is 0. The molecular formula is H12O6Pr5. The molecule has 0 aliphatic heterocycles. The van der Waals surface area contributed by atoms with E-state index < -0.39 is 0 Å². The summed E-state index contributed by atoms with van der Waals surface area (Å²) in [6, 6.07) is 0. The first-order valence-corrected chi connectivity index (χ1v) is 0. The molecule has 0 aromatic rings. The number of hydrogen-bond donors (Lipinski definition) is 0. The zero-order valence-electron chi connectivity index (χ0n) is 5.89. The Kier molecular flexibility index (Phi) is 944. The predicted molar refractivity (Wildman–Crippen MR) is 21.7 cm³/mol. The van der Waals surface area contributed by atoms with Crippen LogP contribution in [0.15, 0.2) is 0 Å². The van der Waals surface area contributed by atoms with Crippen LogP contribution in [0.25, 0.3) is 0 Å². The van der Waals surface area contributed by atoms with Gasteiger partial charge in [0.1, 0.15) is 0 Å². The minimum Gasteiger partial charge on any atom is -0.412 e. The van der Waals surface area contributed by atoms with E-state index in [0.29, 0.717) is 0 Å². The molecule has 12 N–H and O–H groups in total. The molecule has 0 amide bonds. The average molecular weight is 813 g/mol. The summed E-state index contributed by atoms with van der Waals surface area (Å²) in [5.74, 6) is 0. The minimum atomic E-state index is 0. The summed E-state index contributed by atoms with van der Waals surface area (Å²) < 4.78 is 0. The molecule has 0 bridgehead atoms. The third kappa shape index (κ3) is 81.4. The molecule has 0 saturated heterocycles. The molecule has 0 saturated carbocycles. The van der Waals surface area contributed by atoms with Gasteiger partial charge in [0, 0.05) is 206 Å². The molecule has 11 heavy (non-hydrogen) atoms. The Bertz CT molecular complexity index is 10.9. The summed E-state index contributed by atoms with van der Waals surface area (Å²) in [6.07, 6.45) is 0. The van der Waals surface area contributed by atoms with Crippen LogP contribution in [0.5, 0.6) is 0 Å². The van der Waals surface area contributed by atoms with Crippen LogP contribution in [0.2, 0.25) is 0 Å². The Hall–Kier alpha value is 6.58. The standard InChI is InChI=1S/6H2O.5Pr/h6*1H2;;;;;. The zero-order valence-corrected chi connectivity index (χ0v) is 24.4. The van der Waals surface area contributed by atoms with E-state index in [0.717, 1.165) is 0 Å². The Morgan fingerprint density at radius 2 is 0.182 bits per heavy atom. The van der Waals surface area contributed by atoms with Gasteiger partial charge in [0.05, 0.1) is 0 Å². The minimum absolute atomic E-state index is 0. The van der Waals surface area contributed by atoms with Crippen molar-refractivity contribution >= 4 is 0 Å². The maximum atomic E-state index is 0. The van der Waals surface area contributed by atoms with Gasteiger partial charge in [-0.15, -0.1) is 0 Å². The normalized spacial score (nSPS) is 0. The van der Waals surface area contributed by atoms with E-state index in [2.05, 4.69) is 0 Å². The molecule has 0 heterocycles. The van der Waals surface area contributed by atoms with Gasteiger partial charge >= 0.3 is 0 Å². The third-order valence-corrected chi connectivity index (χ3v) is 0. The smallest absolute Gasteiger partial charge is 0 e. The maximum absolute atomic E-state index is 0. The van der Waals surface area contributed by atoms with Gasteiger partial charge in [-0.05, 0) is 0 Å². The molecule has 0 fully saturated rings. The quantitative estimate of drug-likeness (QED) is 0.227. The van der Waals surface area contributed by atoms with Crippen LogP contribution in [-0.2, 0) is 0 Å². The van der Waals surface area contributed by atoms with Crippen molar-refractivity contribution in [3.8, 4) is 0 Å². The first-order valence-electron chi connectivity index (χ1n) is 0. The van der Waals surface area contributed by atoms with Crippen molar-refractivity contribution in [2.45, 2.75) is 0 Å². The molecule has 0 aromatic heterocycles. The van der Waals surface area contributed by atoms with Crippen molar-refractivity contribution in [3.63, 3.8) is 0 Å². The topological polar surface area (TPSA) is 189 Å². The van der Waals surface area contributed by atoms with Crippen molar-refractivity contribution in [3.05, 3.63) is 0 Å². The van der Waals surface area contributed by atoms with Crippen molar-refractivity contribution in [2.24, 2.45) is 0 Å². The number of hydrogen-bond acceptors (Lipinski definition) is 0. The molecule has 0 aliphatic rings. The van der Waals surface area contributed by atoms with Gasteiger partial charge in [0.15, 0.2) is 0 Å². The van der Waals surface area contributed by atoms with E-state index in [4.69, 9.17) is 0 Å². The van der Waals surface area contributed by atoms with E-state index in [1.54, 1.807) is 0 Å². The van der Waals surface area contributed by atoms with Crippen LogP contribution in [0.3, 0.4) is 0 Å². The summed E-state index contributed by atoms with van der Waals surface area (Å²) in [7, 11) is 0. The summed E-state index contributed by atoms with van der Waals surface area (Å²) in [5, 5.41) is 0. The molecule has 5 radical (unpaired) electrons. The van der Waals surface area contributed by atoms with E-state index in [1.807, 2.05) is 0 Å². The molecule has 0 rings (SSSR count). The van der Waals surface area contributed by atoms with Gasteiger partial charge in [-0.2, -0.15) is 0 Å². The first kappa shape index (κ1) is 112. The second kappa shape index (κ2) is 93.0. The molecule has 0 atom stereocenters. The van der Waals surface area contributed by atoms with Gasteiger partial charge in [-0.3, -0.25) is 0 Å². The molecule has 63 valence electrons. The molecule has 11 heteroatoms. The van der Waals surface area contributed by atoms with Crippen LogP contribution < -0.4 is 0 Å². The van der Waals surface area contributed by atoms with Gasteiger partial charge in [-0.1, -0.05) is 0 Å². The molecule has 0 aliphatic carbocycles. The Balaban J connectivity index is 0. The summed E-state index contributed by atoms with van der Waals surface area (Å²) in [4.78, 5) is 0. The summed E-state index contributed by atoms with van der Waals surface area (Å²) >= 11 is 0. The first-order chi connectivity index (χ1) is 0. The second-order valence-electron chi connectivity index (χ2n) is 0. The van der Waals surface area contributed by atoms with Gasteiger partial charge in [0.25, 0.3) is 0 Å². The molecule has 0 spiro atoms. The van der Waals surface area contributed by atoms with E-state index >= 15 is 0 Å². The summed E-state index contributed by atoms with van der Waals surface area (Å²) in [6.45, 7) is 0. The fourth-order valence-corrected chi connectivity index (χ4v) is 0. The fraction of sp³-hybridized carbons (Fsp3) is 0.